The SMILES string of the molecule is COc1ccc(NC[C@H](O)CO)cc1OC. The maximum atomic E-state index is 9.18. The Morgan fingerprint density at radius 1 is 1.25 bits per heavy atom. The lowest BCUT2D eigenvalue weighted by Gasteiger charge is -2.13. The van der Waals surface area contributed by atoms with Crippen LogP contribution in [0.3, 0.4) is 0 Å². The largest absolute Gasteiger partial charge is 0.493 e. The van der Waals surface area contributed by atoms with Crippen LogP contribution in [0.25, 0.3) is 0 Å². The van der Waals surface area contributed by atoms with E-state index >= 15 is 0 Å². The summed E-state index contributed by atoms with van der Waals surface area (Å²) in [6.07, 6.45) is -0.770. The monoisotopic (exact) mass is 227 g/mol. The lowest BCUT2D eigenvalue weighted by Crippen LogP contribution is -2.22. The van der Waals surface area contributed by atoms with Crippen LogP contribution in [0.1, 0.15) is 0 Å². The molecule has 0 fully saturated rings. The molecule has 0 saturated heterocycles. The van der Waals surface area contributed by atoms with E-state index in [0.717, 1.165) is 5.69 Å². The number of methoxy groups -OCH3 is 2. The van der Waals surface area contributed by atoms with Gasteiger partial charge in [-0.1, -0.05) is 0 Å². The lowest BCUT2D eigenvalue weighted by molar-refractivity contribution is 0.105. The van der Waals surface area contributed by atoms with Gasteiger partial charge in [-0.15, -0.1) is 0 Å². The van der Waals surface area contributed by atoms with Crippen LogP contribution in [0.4, 0.5) is 5.69 Å². The van der Waals surface area contributed by atoms with Crippen LogP contribution in [0.5, 0.6) is 11.5 Å². The maximum absolute atomic E-state index is 9.18. The Balaban J connectivity index is 2.67. The van der Waals surface area contributed by atoms with E-state index in [9.17, 15) is 5.11 Å². The summed E-state index contributed by atoms with van der Waals surface area (Å²) in [7, 11) is 3.13. The zero-order valence-electron chi connectivity index (χ0n) is 9.43. The van der Waals surface area contributed by atoms with E-state index in [1.165, 1.54) is 0 Å². The first-order chi connectivity index (χ1) is 7.71. The van der Waals surface area contributed by atoms with Crippen molar-refractivity contribution in [1.29, 1.82) is 0 Å². The van der Waals surface area contributed by atoms with Gasteiger partial charge >= 0.3 is 0 Å². The molecule has 16 heavy (non-hydrogen) atoms. The minimum atomic E-state index is -0.770. The predicted molar refractivity (Wildman–Crippen MR) is 61.1 cm³/mol. The van der Waals surface area contributed by atoms with Crippen LogP contribution in [0, 0.1) is 0 Å². The first-order valence-electron chi connectivity index (χ1n) is 4.96. The molecule has 0 saturated carbocycles. The summed E-state index contributed by atoms with van der Waals surface area (Å²) in [5.41, 5.74) is 0.796. The zero-order chi connectivity index (χ0) is 12.0. The van der Waals surface area contributed by atoms with Crippen molar-refractivity contribution >= 4 is 5.69 Å². The van der Waals surface area contributed by atoms with E-state index in [0.29, 0.717) is 11.5 Å². The van der Waals surface area contributed by atoms with Crippen molar-refractivity contribution in [3.63, 3.8) is 0 Å². The molecule has 5 heteroatoms. The smallest absolute Gasteiger partial charge is 0.162 e. The molecular formula is C11H17NO4. The molecule has 0 aliphatic carbocycles. The highest BCUT2D eigenvalue weighted by atomic mass is 16.5. The topological polar surface area (TPSA) is 71.0 Å². The van der Waals surface area contributed by atoms with Gasteiger partial charge in [0, 0.05) is 18.3 Å². The third kappa shape index (κ3) is 3.29. The molecule has 1 atom stereocenters. The summed E-state index contributed by atoms with van der Waals surface area (Å²) in [4.78, 5) is 0. The summed E-state index contributed by atoms with van der Waals surface area (Å²) in [6, 6.07) is 5.35. The molecule has 0 aliphatic heterocycles. The molecule has 5 nitrogen and oxygen atoms in total. The van der Waals surface area contributed by atoms with Crippen LogP contribution in [0.2, 0.25) is 0 Å². The van der Waals surface area contributed by atoms with E-state index in [4.69, 9.17) is 14.6 Å². The van der Waals surface area contributed by atoms with Gasteiger partial charge in [0.15, 0.2) is 11.5 Å². The average Bonchev–Trinajstić information content (AvgIpc) is 2.35. The second-order valence-electron chi connectivity index (χ2n) is 3.29. The highest BCUT2D eigenvalue weighted by Gasteiger charge is 2.05. The van der Waals surface area contributed by atoms with Crippen LogP contribution in [-0.4, -0.2) is 43.7 Å². The molecule has 90 valence electrons. The number of hydrogen-bond acceptors (Lipinski definition) is 5. The highest BCUT2D eigenvalue weighted by molar-refractivity contribution is 5.54. The van der Waals surface area contributed by atoms with Gasteiger partial charge < -0.3 is 25.0 Å². The fraction of sp³-hybridized carbons (Fsp3) is 0.455. The zero-order valence-corrected chi connectivity index (χ0v) is 9.43. The standard InChI is InChI=1S/C11H17NO4/c1-15-10-4-3-8(5-11(10)16-2)12-6-9(14)7-13/h3-5,9,12-14H,6-7H2,1-2H3/t9-/m0/s1. The maximum Gasteiger partial charge on any atom is 0.162 e. The van der Waals surface area contributed by atoms with Gasteiger partial charge in [0.25, 0.3) is 0 Å². The number of rotatable bonds is 6. The Hall–Kier alpha value is -1.46. The first kappa shape index (κ1) is 12.6. The number of benzene rings is 1. The normalized spacial score (nSPS) is 12.0. The first-order valence-corrected chi connectivity index (χ1v) is 4.96. The highest BCUT2D eigenvalue weighted by Crippen LogP contribution is 2.29. The Morgan fingerprint density at radius 2 is 1.94 bits per heavy atom. The number of anilines is 1. The average molecular weight is 227 g/mol. The minimum absolute atomic E-state index is 0.264. The predicted octanol–water partition coefficient (Wildman–Crippen LogP) is 0.469. The molecule has 0 bridgehead atoms. The lowest BCUT2D eigenvalue weighted by atomic mass is 10.2. The van der Waals surface area contributed by atoms with Gasteiger partial charge in [0.2, 0.25) is 0 Å². The van der Waals surface area contributed by atoms with E-state index in [1.54, 1.807) is 26.4 Å². The molecule has 0 aliphatic rings. The quantitative estimate of drug-likeness (QED) is 0.659. The van der Waals surface area contributed by atoms with Crippen molar-refractivity contribution in [2.24, 2.45) is 0 Å². The van der Waals surface area contributed by atoms with Crippen molar-refractivity contribution in [1.82, 2.24) is 0 Å². The molecular weight excluding hydrogens is 210 g/mol. The third-order valence-corrected chi connectivity index (χ3v) is 2.14. The molecule has 0 heterocycles. The second kappa shape index (κ2) is 6.19. The molecule has 0 aromatic heterocycles. The van der Waals surface area contributed by atoms with Crippen molar-refractivity contribution in [2.75, 3.05) is 32.7 Å². The Labute approximate surface area is 94.6 Å². The van der Waals surface area contributed by atoms with Gasteiger partial charge in [-0.2, -0.15) is 0 Å². The number of nitrogens with one attached hydrogen (secondary N) is 1. The van der Waals surface area contributed by atoms with Crippen LogP contribution >= 0.6 is 0 Å². The van der Waals surface area contributed by atoms with Crippen molar-refractivity contribution in [3.8, 4) is 11.5 Å². The molecule has 1 aromatic rings. The van der Waals surface area contributed by atoms with E-state index < -0.39 is 6.10 Å². The van der Waals surface area contributed by atoms with Crippen LogP contribution in [-0.2, 0) is 0 Å². The molecule has 1 aromatic carbocycles. The van der Waals surface area contributed by atoms with Crippen LogP contribution < -0.4 is 14.8 Å². The second-order valence-corrected chi connectivity index (χ2v) is 3.29. The summed E-state index contributed by atoms with van der Waals surface area (Å²) >= 11 is 0. The third-order valence-electron chi connectivity index (χ3n) is 2.14. The Morgan fingerprint density at radius 3 is 2.50 bits per heavy atom. The summed E-state index contributed by atoms with van der Waals surface area (Å²) < 4.78 is 10.2. The van der Waals surface area contributed by atoms with Gasteiger partial charge in [-0.05, 0) is 12.1 Å². The number of ether oxygens (including phenoxy) is 2. The van der Waals surface area contributed by atoms with Gasteiger partial charge in [-0.3, -0.25) is 0 Å². The fourth-order valence-electron chi connectivity index (χ4n) is 1.25. The summed E-state index contributed by atoms with van der Waals surface area (Å²) in [6.45, 7) is 0.0201. The molecule has 0 radical (unpaired) electrons. The molecule has 0 unspecified atom stereocenters. The number of aliphatic hydroxyl groups excluding tert-OH is 2. The summed E-state index contributed by atoms with van der Waals surface area (Å²) in [5.74, 6) is 1.27. The van der Waals surface area contributed by atoms with Gasteiger partial charge in [0.05, 0.1) is 26.9 Å². The van der Waals surface area contributed by atoms with Crippen molar-refractivity contribution in [2.45, 2.75) is 6.10 Å². The molecule has 1 rings (SSSR count). The van der Waals surface area contributed by atoms with Crippen LogP contribution in [0.15, 0.2) is 18.2 Å². The fourth-order valence-corrected chi connectivity index (χ4v) is 1.25. The number of aliphatic hydroxyl groups is 2. The molecule has 3 N–H and O–H groups in total. The molecule has 0 amide bonds. The van der Waals surface area contributed by atoms with Gasteiger partial charge in [0.1, 0.15) is 0 Å². The van der Waals surface area contributed by atoms with E-state index in [1.807, 2.05) is 6.07 Å². The number of hydrogen-bond donors (Lipinski definition) is 3. The van der Waals surface area contributed by atoms with E-state index in [-0.39, 0.29) is 13.2 Å². The molecule has 0 spiro atoms. The minimum Gasteiger partial charge on any atom is -0.493 e. The summed E-state index contributed by atoms with van der Waals surface area (Å²) in [5, 5.41) is 20.8. The van der Waals surface area contributed by atoms with Crippen molar-refractivity contribution in [3.05, 3.63) is 18.2 Å². The Kier molecular flexibility index (Phi) is 4.88. The van der Waals surface area contributed by atoms with Crippen molar-refractivity contribution < 1.29 is 19.7 Å². The Bertz CT molecular complexity index is 330. The van der Waals surface area contributed by atoms with E-state index in [2.05, 4.69) is 5.32 Å². The van der Waals surface area contributed by atoms with Gasteiger partial charge in [-0.25, -0.2) is 0 Å².